The number of H-pyrrole nitrogens is 1. The quantitative estimate of drug-likeness (QED) is 0.166. The highest BCUT2D eigenvalue weighted by atomic mass is 14.8. The van der Waals surface area contributed by atoms with Crippen LogP contribution in [0.5, 0.6) is 0 Å². The summed E-state index contributed by atoms with van der Waals surface area (Å²) in [5.41, 5.74) is 22.5. The van der Waals surface area contributed by atoms with Gasteiger partial charge in [-0.05, 0) is 61.3 Å². The summed E-state index contributed by atoms with van der Waals surface area (Å²) < 4.78 is 0. The predicted molar refractivity (Wildman–Crippen MR) is 231 cm³/mol. The minimum absolute atomic E-state index is 1.14. The van der Waals surface area contributed by atoms with Crippen molar-refractivity contribution < 1.29 is 0 Å². The van der Waals surface area contributed by atoms with Crippen LogP contribution in [0.2, 0.25) is 0 Å². The Hall–Kier alpha value is -6.70. The van der Waals surface area contributed by atoms with Crippen molar-refractivity contribution in [3.05, 3.63) is 238 Å². The maximum absolute atomic E-state index is 4.24. The number of nitrogens with one attached hydrogen (secondary N) is 1. The maximum Gasteiger partial charge on any atom is -0.00949 e. The van der Waals surface area contributed by atoms with E-state index in [2.05, 4.69) is 203 Å². The van der Waals surface area contributed by atoms with Crippen molar-refractivity contribution in [2.75, 3.05) is 0 Å². The normalized spacial score (nSPS) is 11.6. The Bertz CT molecular complexity index is 2530. The molecule has 55 heavy (non-hydrogen) atoms. The van der Waals surface area contributed by atoms with Crippen LogP contribution >= 0.6 is 0 Å². The van der Waals surface area contributed by atoms with Crippen LogP contribution < -0.4 is 0 Å². The molecule has 0 radical (unpaired) electrons. The summed E-state index contributed by atoms with van der Waals surface area (Å²) in [6.07, 6.45) is 0. The van der Waals surface area contributed by atoms with Gasteiger partial charge in [-0.25, -0.2) is 0 Å². The Morgan fingerprint density at radius 1 is 0.291 bits per heavy atom. The molecule has 8 aliphatic carbocycles. The zero-order valence-corrected chi connectivity index (χ0v) is 31.7. The lowest BCUT2D eigenvalue weighted by atomic mass is 9.84. The van der Waals surface area contributed by atoms with E-state index < -0.39 is 0 Å². The molecule has 1 nitrogen and oxygen atoms in total. The standard InChI is InChI=1S/C54H41N/c1-33-29-47(41-23-13-5-9-19-37(33)41)51(48-30-34(2)38-20-10-6-14-24-42(38)48)53-45-27-17-18-28-46(45)54(55-53)52(49-31-35(3)39-21-11-7-15-25-43(39)49)50-32-36(4)40-22-12-8-16-26-44(40)50/h5-32,55H,1-4H3/q-2. The largest absolute Gasteiger partial charge is 0.375 e. The Morgan fingerprint density at radius 2 is 0.527 bits per heavy atom. The van der Waals surface area contributed by atoms with Gasteiger partial charge >= 0.3 is 0 Å². The lowest BCUT2D eigenvalue weighted by molar-refractivity contribution is 1.11. The van der Waals surface area contributed by atoms with Crippen LogP contribution in [0.1, 0.15) is 55.9 Å². The third-order valence-electron chi connectivity index (χ3n) is 11.7. The number of aryl methyl sites for hydroxylation is 4. The first-order valence-electron chi connectivity index (χ1n) is 19.3. The lowest BCUT2D eigenvalue weighted by Crippen LogP contribution is -2.08. The summed E-state index contributed by atoms with van der Waals surface area (Å²) in [5, 5.41) is 2.42. The molecule has 0 spiro atoms. The van der Waals surface area contributed by atoms with Crippen molar-refractivity contribution in [1.29, 1.82) is 0 Å². The zero-order valence-electron chi connectivity index (χ0n) is 31.7. The smallest absolute Gasteiger partial charge is 0.00949 e. The number of aromatic nitrogens is 1. The van der Waals surface area contributed by atoms with E-state index in [-0.39, 0.29) is 0 Å². The molecule has 2 aromatic rings. The van der Waals surface area contributed by atoms with Crippen LogP contribution in [-0.4, -0.2) is 4.98 Å². The van der Waals surface area contributed by atoms with Crippen LogP contribution in [0.25, 0.3) is 55.3 Å². The van der Waals surface area contributed by atoms with E-state index in [0.29, 0.717) is 0 Å². The summed E-state index contributed by atoms with van der Waals surface area (Å²) in [5.74, 6) is 2.44. The number of fused-ring (bicyclic) bond motifs is 5. The summed E-state index contributed by atoms with van der Waals surface area (Å²) in [6.45, 7) is 8.97. The average molecular weight is 704 g/mol. The Labute approximate surface area is 324 Å². The van der Waals surface area contributed by atoms with Crippen molar-refractivity contribution >= 4 is 10.8 Å². The second kappa shape index (κ2) is 13.0. The molecule has 0 aliphatic heterocycles. The number of hydrogen-bond acceptors (Lipinski definition) is 0. The molecule has 1 heteroatoms. The van der Waals surface area contributed by atoms with Gasteiger partial charge in [0.25, 0.3) is 0 Å². The van der Waals surface area contributed by atoms with Gasteiger partial charge in [-0.1, -0.05) is 235 Å². The molecule has 0 saturated carbocycles. The molecule has 0 saturated heterocycles. The number of aromatic amines is 1. The van der Waals surface area contributed by atoms with Gasteiger partial charge in [-0.15, -0.1) is 24.3 Å². The second-order valence-corrected chi connectivity index (χ2v) is 15.1. The summed E-state index contributed by atoms with van der Waals surface area (Å²) in [4.78, 5) is 4.24. The fourth-order valence-corrected chi connectivity index (χ4v) is 9.22. The topological polar surface area (TPSA) is 15.8 Å². The SMILES string of the molecule is Cc1cc([C-](c2cc(C)c3cccccc2-3)c2[nH]c([C-](c3cc(C)c4cccccc3-4)c3cc(C)c4cccccc3-4)c3ccccc23)c2cccccc1-2. The van der Waals surface area contributed by atoms with Gasteiger partial charge in [0.1, 0.15) is 0 Å². The van der Waals surface area contributed by atoms with Crippen LogP contribution in [0.4, 0.5) is 0 Å². The van der Waals surface area contributed by atoms with E-state index in [9.17, 15) is 0 Å². The van der Waals surface area contributed by atoms with E-state index in [1.165, 1.54) is 112 Å². The highest BCUT2D eigenvalue weighted by Gasteiger charge is 2.28. The van der Waals surface area contributed by atoms with Crippen molar-refractivity contribution in [3.8, 4) is 44.5 Å². The van der Waals surface area contributed by atoms with Crippen LogP contribution in [0.3, 0.4) is 0 Å². The first-order chi connectivity index (χ1) is 27.0. The second-order valence-electron chi connectivity index (χ2n) is 15.1. The molecule has 1 N–H and O–H groups in total. The molecule has 0 bridgehead atoms. The molecule has 10 rings (SSSR count). The van der Waals surface area contributed by atoms with E-state index in [0.717, 1.165) is 11.4 Å². The van der Waals surface area contributed by atoms with E-state index in [4.69, 9.17) is 0 Å². The Morgan fingerprint density at radius 3 is 0.800 bits per heavy atom. The summed E-state index contributed by atoms with van der Waals surface area (Å²) in [7, 11) is 0. The Kier molecular flexibility index (Phi) is 7.78. The molecule has 1 aromatic heterocycles. The first kappa shape index (κ1) is 32.9. The van der Waals surface area contributed by atoms with Crippen LogP contribution in [0.15, 0.2) is 170 Å². The number of hydrogen-bond donors (Lipinski definition) is 1. The van der Waals surface area contributed by atoms with Gasteiger partial charge in [0.2, 0.25) is 0 Å². The van der Waals surface area contributed by atoms with Gasteiger partial charge in [0, 0.05) is 0 Å². The molecular formula is C54H41N-2. The van der Waals surface area contributed by atoms with Crippen molar-refractivity contribution in [1.82, 2.24) is 4.98 Å². The van der Waals surface area contributed by atoms with Crippen molar-refractivity contribution in [2.45, 2.75) is 27.7 Å². The third-order valence-corrected chi connectivity index (χ3v) is 11.7. The summed E-state index contributed by atoms with van der Waals surface area (Å²) in [6, 6.07) is 62.6. The van der Waals surface area contributed by atoms with Crippen molar-refractivity contribution in [3.63, 3.8) is 0 Å². The predicted octanol–water partition coefficient (Wildman–Crippen LogP) is 13.9. The fourth-order valence-electron chi connectivity index (χ4n) is 9.22. The highest BCUT2D eigenvalue weighted by molar-refractivity contribution is 5.99. The van der Waals surface area contributed by atoms with Gasteiger partial charge in [-0.2, -0.15) is 0 Å². The molecular weight excluding hydrogens is 663 g/mol. The van der Waals surface area contributed by atoms with Gasteiger partial charge in [-0.3, -0.25) is 0 Å². The fraction of sp³-hybridized carbons (Fsp3) is 0.0741. The van der Waals surface area contributed by atoms with Crippen molar-refractivity contribution in [2.24, 2.45) is 0 Å². The minimum atomic E-state index is 1.14. The number of benzene rings is 1. The third kappa shape index (κ3) is 5.22. The number of rotatable bonds is 6. The van der Waals surface area contributed by atoms with Crippen LogP contribution in [-0.2, 0) is 0 Å². The van der Waals surface area contributed by atoms with E-state index in [1.807, 2.05) is 0 Å². The van der Waals surface area contributed by atoms with E-state index >= 15 is 0 Å². The molecule has 1 aromatic carbocycles. The molecule has 264 valence electrons. The van der Waals surface area contributed by atoms with Gasteiger partial charge < -0.3 is 4.98 Å². The highest BCUT2D eigenvalue weighted by Crippen LogP contribution is 2.51. The molecule has 0 atom stereocenters. The first-order valence-corrected chi connectivity index (χ1v) is 19.3. The molecule has 8 aliphatic rings. The minimum Gasteiger partial charge on any atom is -0.375 e. The molecule has 0 amide bonds. The van der Waals surface area contributed by atoms with Gasteiger partial charge in [0.05, 0.1) is 0 Å². The van der Waals surface area contributed by atoms with E-state index in [1.54, 1.807) is 0 Å². The molecule has 0 unspecified atom stereocenters. The Balaban J connectivity index is 1.31. The summed E-state index contributed by atoms with van der Waals surface area (Å²) >= 11 is 0. The van der Waals surface area contributed by atoms with Crippen LogP contribution in [0, 0.1) is 39.5 Å². The average Bonchev–Trinajstić information content (AvgIpc) is 3.67. The lowest BCUT2D eigenvalue weighted by Gasteiger charge is -2.27. The maximum atomic E-state index is 4.24. The monoisotopic (exact) mass is 703 g/mol. The molecule has 0 fully saturated rings. The molecule has 1 heterocycles. The zero-order chi connectivity index (χ0) is 37.2. The van der Waals surface area contributed by atoms with Gasteiger partial charge in [0.15, 0.2) is 0 Å².